The van der Waals surface area contributed by atoms with Crippen LogP contribution in [0.15, 0.2) is 42.7 Å². The van der Waals surface area contributed by atoms with Crippen LogP contribution in [-0.4, -0.2) is 37.0 Å². The Morgan fingerprint density at radius 2 is 1.51 bits per heavy atom. The molecule has 0 fully saturated rings. The number of rotatable bonds is 9. The summed E-state index contributed by atoms with van der Waals surface area (Å²) in [4.78, 5) is 2.29. The molecular formula is C24H29N9O2. The van der Waals surface area contributed by atoms with Crippen molar-refractivity contribution >= 4 is 5.69 Å². The molecule has 5 rings (SSSR count). The molecule has 0 atom stereocenters. The van der Waals surface area contributed by atoms with Crippen LogP contribution in [0, 0.1) is 0 Å². The highest BCUT2D eigenvalue weighted by Crippen LogP contribution is 2.45. The van der Waals surface area contributed by atoms with Crippen LogP contribution in [0.3, 0.4) is 0 Å². The molecule has 3 heterocycles. The van der Waals surface area contributed by atoms with E-state index < -0.39 is 0 Å². The van der Waals surface area contributed by atoms with E-state index in [2.05, 4.69) is 63.8 Å². The van der Waals surface area contributed by atoms with Gasteiger partial charge in [-0.25, -0.2) is 9.36 Å². The Bertz CT molecular complexity index is 1330. The quantitative estimate of drug-likeness (QED) is 0.373. The first-order chi connectivity index (χ1) is 17.1. The molecule has 0 unspecified atom stereocenters. The molecule has 2 aromatic heterocycles. The molecule has 11 nitrogen and oxygen atoms in total. The zero-order valence-corrected chi connectivity index (χ0v) is 19.9. The predicted molar refractivity (Wildman–Crippen MR) is 130 cm³/mol. The summed E-state index contributed by atoms with van der Waals surface area (Å²) in [5.74, 6) is 1.25. The minimum Gasteiger partial charge on any atom is -0.483 e. The van der Waals surface area contributed by atoms with Crippen molar-refractivity contribution in [2.45, 2.75) is 46.4 Å². The van der Waals surface area contributed by atoms with Gasteiger partial charge in [-0.1, -0.05) is 35.5 Å². The third kappa shape index (κ3) is 4.55. The van der Waals surface area contributed by atoms with E-state index in [1.165, 1.54) is 16.8 Å². The number of para-hydroxylation sites is 1. The van der Waals surface area contributed by atoms with Crippen molar-refractivity contribution < 1.29 is 9.47 Å². The Balaban J connectivity index is 1.50. The molecule has 0 bridgehead atoms. The average molecular weight is 476 g/mol. The Hall–Kier alpha value is -3.96. The summed E-state index contributed by atoms with van der Waals surface area (Å²) in [5.41, 5.74) is 18.7. The van der Waals surface area contributed by atoms with E-state index >= 15 is 0 Å². The van der Waals surface area contributed by atoms with Crippen molar-refractivity contribution in [1.82, 2.24) is 30.0 Å². The van der Waals surface area contributed by atoms with Crippen LogP contribution < -0.4 is 25.8 Å². The molecule has 0 aliphatic carbocycles. The van der Waals surface area contributed by atoms with Gasteiger partial charge >= 0.3 is 0 Å². The first-order valence-corrected chi connectivity index (χ1v) is 11.5. The number of nitrogens with two attached hydrogens (primary N) is 2. The van der Waals surface area contributed by atoms with Gasteiger partial charge in [-0.3, -0.25) is 0 Å². The monoisotopic (exact) mass is 475 g/mol. The molecule has 0 amide bonds. The lowest BCUT2D eigenvalue weighted by atomic mass is 9.90. The van der Waals surface area contributed by atoms with Crippen molar-refractivity contribution in [2.75, 3.05) is 11.9 Å². The fourth-order valence-electron chi connectivity index (χ4n) is 4.38. The number of anilines is 1. The largest absolute Gasteiger partial charge is 0.483 e. The second-order valence-electron chi connectivity index (χ2n) is 8.42. The Morgan fingerprint density at radius 1 is 0.886 bits per heavy atom. The molecule has 1 aliphatic heterocycles. The summed E-state index contributed by atoms with van der Waals surface area (Å²) in [6.07, 6.45) is 4.50. The SMILES string of the molecule is CCc1cccc2c1N(C)Cc1cc(OCc3cn(CN)nn3)c(OCc3cn(CN)nn3)cc1-2. The van der Waals surface area contributed by atoms with Gasteiger partial charge in [0.15, 0.2) is 11.5 Å². The van der Waals surface area contributed by atoms with Crippen LogP contribution in [0.5, 0.6) is 11.5 Å². The number of aryl methyl sites for hydroxylation is 1. The smallest absolute Gasteiger partial charge is 0.162 e. The fourth-order valence-corrected chi connectivity index (χ4v) is 4.38. The van der Waals surface area contributed by atoms with E-state index in [4.69, 9.17) is 20.9 Å². The molecule has 2 aromatic carbocycles. The van der Waals surface area contributed by atoms with Crippen molar-refractivity contribution in [3.05, 3.63) is 65.2 Å². The molecule has 0 saturated carbocycles. The summed E-state index contributed by atoms with van der Waals surface area (Å²) in [5, 5.41) is 16.2. The third-order valence-corrected chi connectivity index (χ3v) is 6.05. The van der Waals surface area contributed by atoms with Crippen molar-refractivity contribution in [3.63, 3.8) is 0 Å². The van der Waals surface area contributed by atoms with Gasteiger partial charge in [0.1, 0.15) is 24.6 Å². The second kappa shape index (κ2) is 9.72. The number of fused-ring (bicyclic) bond motifs is 3. The predicted octanol–water partition coefficient (Wildman–Crippen LogP) is 2.04. The number of nitrogens with zero attached hydrogens (tertiary/aromatic N) is 7. The normalized spacial score (nSPS) is 12.4. The highest BCUT2D eigenvalue weighted by Gasteiger charge is 2.24. The van der Waals surface area contributed by atoms with Crippen LogP contribution in [0.1, 0.15) is 29.4 Å². The fraction of sp³-hybridized carbons (Fsp3) is 0.333. The molecule has 182 valence electrons. The minimum atomic E-state index is 0.236. The molecular weight excluding hydrogens is 446 g/mol. The summed E-state index contributed by atoms with van der Waals surface area (Å²) in [7, 11) is 2.12. The van der Waals surface area contributed by atoms with Crippen molar-refractivity contribution in [3.8, 4) is 22.6 Å². The summed E-state index contributed by atoms with van der Waals surface area (Å²) >= 11 is 0. The highest BCUT2D eigenvalue weighted by molar-refractivity contribution is 5.86. The lowest BCUT2D eigenvalue weighted by molar-refractivity contribution is 0.251. The van der Waals surface area contributed by atoms with Crippen LogP contribution in [-0.2, 0) is 39.5 Å². The molecule has 0 saturated heterocycles. The standard InChI is InChI=1S/C24H29N9O2/c1-3-16-5-4-6-20-21-8-23(35-13-19-11-33(15-26)30-28-19)22(7-17(21)9-31(2)24(16)20)34-12-18-10-32(14-25)29-27-18/h4-8,10-11H,3,9,12-15,25-26H2,1-2H3. The van der Waals surface area contributed by atoms with Crippen LogP contribution in [0.25, 0.3) is 11.1 Å². The molecule has 4 N–H and O–H groups in total. The van der Waals surface area contributed by atoms with Gasteiger partial charge in [0.2, 0.25) is 0 Å². The van der Waals surface area contributed by atoms with Gasteiger partial charge in [0, 0.05) is 24.8 Å². The highest BCUT2D eigenvalue weighted by atomic mass is 16.5. The van der Waals surface area contributed by atoms with E-state index in [0.29, 0.717) is 22.9 Å². The number of hydrogen-bond donors (Lipinski definition) is 2. The van der Waals surface area contributed by atoms with Crippen LogP contribution in [0.4, 0.5) is 5.69 Å². The Morgan fingerprint density at radius 3 is 2.09 bits per heavy atom. The molecule has 4 aromatic rings. The second-order valence-corrected chi connectivity index (χ2v) is 8.42. The summed E-state index contributed by atoms with van der Waals surface area (Å²) in [6.45, 7) is 3.94. The third-order valence-electron chi connectivity index (χ3n) is 6.05. The van der Waals surface area contributed by atoms with E-state index in [0.717, 1.165) is 24.1 Å². The van der Waals surface area contributed by atoms with E-state index in [1.54, 1.807) is 21.8 Å². The number of ether oxygens (including phenoxy) is 2. The molecule has 35 heavy (non-hydrogen) atoms. The maximum Gasteiger partial charge on any atom is 0.162 e. The van der Waals surface area contributed by atoms with Gasteiger partial charge in [-0.05, 0) is 35.2 Å². The van der Waals surface area contributed by atoms with E-state index in [1.807, 2.05) is 6.07 Å². The lowest BCUT2D eigenvalue weighted by Crippen LogP contribution is -2.23. The Kier molecular flexibility index (Phi) is 6.34. The zero-order chi connectivity index (χ0) is 24.4. The molecule has 0 spiro atoms. The zero-order valence-electron chi connectivity index (χ0n) is 19.9. The van der Waals surface area contributed by atoms with Gasteiger partial charge in [-0.15, -0.1) is 10.2 Å². The van der Waals surface area contributed by atoms with E-state index in [9.17, 15) is 0 Å². The first kappa shape index (κ1) is 22.8. The average Bonchev–Trinajstić information content (AvgIpc) is 3.55. The maximum absolute atomic E-state index is 6.20. The molecule has 0 radical (unpaired) electrons. The van der Waals surface area contributed by atoms with Gasteiger partial charge < -0.3 is 25.8 Å². The molecule has 11 heteroatoms. The number of benzene rings is 2. The number of hydrogen-bond acceptors (Lipinski definition) is 9. The summed E-state index contributed by atoms with van der Waals surface area (Å²) < 4.78 is 15.5. The van der Waals surface area contributed by atoms with Gasteiger partial charge in [-0.2, -0.15) is 0 Å². The first-order valence-electron chi connectivity index (χ1n) is 11.5. The van der Waals surface area contributed by atoms with Crippen molar-refractivity contribution in [1.29, 1.82) is 0 Å². The van der Waals surface area contributed by atoms with Crippen LogP contribution in [0.2, 0.25) is 0 Å². The van der Waals surface area contributed by atoms with Crippen molar-refractivity contribution in [2.24, 2.45) is 11.5 Å². The maximum atomic E-state index is 6.20. The Labute approximate surface area is 203 Å². The van der Waals surface area contributed by atoms with E-state index in [-0.39, 0.29) is 26.6 Å². The van der Waals surface area contributed by atoms with Gasteiger partial charge in [0.05, 0.1) is 25.7 Å². The van der Waals surface area contributed by atoms with Gasteiger partial charge in [0.25, 0.3) is 0 Å². The topological polar surface area (TPSA) is 135 Å². The lowest BCUT2D eigenvalue weighted by Gasteiger charge is -2.32. The number of aromatic nitrogens is 6. The summed E-state index contributed by atoms with van der Waals surface area (Å²) in [6, 6.07) is 10.6. The molecule has 1 aliphatic rings. The van der Waals surface area contributed by atoms with Crippen LogP contribution >= 0.6 is 0 Å². The minimum absolute atomic E-state index is 0.236.